The van der Waals surface area contributed by atoms with Gasteiger partial charge in [0.05, 0.1) is 0 Å². The number of carbonyl (C=O) groups excluding carboxylic acids is 1. The van der Waals surface area contributed by atoms with E-state index in [1.807, 2.05) is 35.2 Å². The van der Waals surface area contributed by atoms with E-state index in [4.69, 9.17) is 4.98 Å². The van der Waals surface area contributed by atoms with Gasteiger partial charge in [-0.2, -0.15) is 4.37 Å². The van der Waals surface area contributed by atoms with Crippen molar-refractivity contribution in [1.29, 1.82) is 0 Å². The van der Waals surface area contributed by atoms with Crippen molar-refractivity contribution in [2.45, 2.75) is 32.6 Å². The zero-order chi connectivity index (χ0) is 21.6. The van der Waals surface area contributed by atoms with E-state index in [9.17, 15) is 4.79 Å². The molecule has 2 amide bonds. The lowest BCUT2D eigenvalue weighted by molar-refractivity contribution is 0.215. The summed E-state index contributed by atoms with van der Waals surface area (Å²) < 4.78 is 4.54. The predicted octanol–water partition coefficient (Wildman–Crippen LogP) is 5.00. The maximum absolute atomic E-state index is 12.8. The van der Waals surface area contributed by atoms with Crippen LogP contribution < -0.4 is 10.2 Å². The van der Waals surface area contributed by atoms with Crippen LogP contribution in [-0.2, 0) is 6.42 Å². The van der Waals surface area contributed by atoms with E-state index >= 15 is 0 Å². The van der Waals surface area contributed by atoms with Gasteiger partial charge in [0.25, 0.3) is 0 Å². The zero-order valence-corrected chi connectivity index (χ0v) is 18.9. The first-order valence-corrected chi connectivity index (χ1v) is 11.6. The molecule has 6 nitrogen and oxygen atoms in total. The lowest BCUT2D eigenvalue weighted by atomic mass is 10.0. The molecular formula is C24H29N5OS. The van der Waals surface area contributed by atoms with E-state index in [2.05, 4.69) is 52.7 Å². The van der Waals surface area contributed by atoms with Crippen molar-refractivity contribution in [1.82, 2.24) is 14.3 Å². The minimum absolute atomic E-state index is 0.0406. The Labute approximate surface area is 188 Å². The van der Waals surface area contributed by atoms with Crippen molar-refractivity contribution in [3.8, 4) is 0 Å². The smallest absolute Gasteiger partial charge is 0.321 e. The molecule has 1 aliphatic heterocycles. The molecule has 1 N–H and O–H groups in total. The van der Waals surface area contributed by atoms with Gasteiger partial charge in [-0.1, -0.05) is 56.3 Å². The molecular weight excluding hydrogens is 406 g/mol. The third-order valence-electron chi connectivity index (χ3n) is 5.54. The van der Waals surface area contributed by atoms with Gasteiger partial charge in [-0.05, 0) is 35.6 Å². The molecule has 162 valence electrons. The SMILES string of the molecule is CC(C)c1ccc(NC(=O)N2CCCN(c3nc(Cc4ccccc4)ns3)CC2)cc1. The van der Waals surface area contributed by atoms with Gasteiger partial charge in [0.15, 0.2) is 0 Å². The van der Waals surface area contributed by atoms with E-state index in [0.29, 0.717) is 12.5 Å². The molecule has 3 aromatic rings. The molecule has 7 heteroatoms. The molecule has 4 rings (SSSR count). The summed E-state index contributed by atoms with van der Waals surface area (Å²) in [6.07, 6.45) is 1.66. The molecule has 1 fully saturated rings. The first-order chi connectivity index (χ1) is 15.1. The Morgan fingerprint density at radius 1 is 1.03 bits per heavy atom. The van der Waals surface area contributed by atoms with Crippen LogP contribution >= 0.6 is 11.5 Å². The van der Waals surface area contributed by atoms with Gasteiger partial charge in [-0.3, -0.25) is 0 Å². The van der Waals surface area contributed by atoms with Crippen LogP contribution in [0.3, 0.4) is 0 Å². The van der Waals surface area contributed by atoms with Crippen molar-refractivity contribution in [3.05, 3.63) is 71.5 Å². The number of aromatic nitrogens is 2. The summed E-state index contributed by atoms with van der Waals surface area (Å²) in [5.41, 5.74) is 3.32. The summed E-state index contributed by atoms with van der Waals surface area (Å²) in [5.74, 6) is 1.34. The summed E-state index contributed by atoms with van der Waals surface area (Å²) in [7, 11) is 0. The number of nitrogens with one attached hydrogen (secondary N) is 1. The highest BCUT2D eigenvalue weighted by atomic mass is 32.1. The number of benzene rings is 2. The number of hydrogen-bond acceptors (Lipinski definition) is 5. The molecule has 0 spiro atoms. The standard InChI is InChI=1S/C24H29N5OS/c1-18(2)20-9-11-21(12-10-20)25-23(30)28-13-6-14-29(16-15-28)24-26-22(27-31-24)17-19-7-4-3-5-8-19/h3-5,7-12,18H,6,13-17H2,1-2H3,(H,25,30). The fourth-order valence-electron chi connectivity index (χ4n) is 3.69. The van der Waals surface area contributed by atoms with Crippen molar-refractivity contribution < 1.29 is 4.79 Å². The second-order valence-electron chi connectivity index (χ2n) is 8.19. The number of hydrogen-bond donors (Lipinski definition) is 1. The van der Waals surface area contributed by atoms with E-state index < -0.39 is 0 Å². The quantitative estimate of drug-likeness (QED) is 0.613. The molecule has 0 aliphatic carbocycles. The van der Waals surface area contributed by atoms with Gasteiger partial charge in [0, 0.05) is 49.8 Å². The van der Waals surface area contributed by atoms with Gasteiger partial charge in [0.1, 0.15) is 5.82 Å². The van der Waals surface area contributed by atoms with Gasteiger partial charge in [0.2, 0.25) is 5.13 Å². The molecule has 0 unspecified atom stereocenters. The topological polar surface area (TPSA) is 61.4 Å². The van der Waals surface area contributed by atoms with E-state index in [-0.39, 0.29) is 6.03 Å². The number of carbonyl (C=O) groups is 1. The molecule has 0 atom stereocenters. The largest absolute Gasteiger partial charge is 0.345 e. The van der Waals surface area contributed by atoms with E-state index in [1.165, 1.54) is 22.7 Å². The number of urea groups is 1. The fourth-order valence-corrected chi connectivity index (χ4v) is 4.43. The molecule has 31 heavy (non-hydrogen) atoms. The third kappa shape index (κ3) is 5.61. The molecule has 1 aliphatic rings. The molecule has 0 bridgehead atoms. The van der Waals surface area contributed by atoms with E-state index in [0.717, 1.165) is 49.1 Å². The maximum atomic E-state index is 12.8. The third-order valence-corrected chi connectivity index (χ3v) is 6.36. The lowest BCUT2D eigenvalue weighted by Crippen LogP contribution is -2.38. The van der Waals surface area contributed by atoms with Gasteiger partial charge >= 0.3 is 6.03 Å². The number of amides is 2. The molecule has 0 saturated carbocycles. The Bertz CT molecular complexity index is 987. The van der Waals surface area contributed by atoms with Gasteiger partial charge < -0.3 is 15.1 Å². The lowest BCUT2D eigenvalue weighted by Gasteiger charge is -2.22. The average molecular weight is 436 g/mol. The summed E-state index contributed by atoms with van der Waals surface area (Å²) in [6, 6.07) is 18.4. The first-order valence-electron chi connectivity index (χ1n) is 10.9. The first kappa shape index (κ1) is 21.3. The van der Waals surface area contributed by atoms with Crippen LogP contribution in [0.15, 0.2) is 54.6 Å². The number of nitrogens with zero attached hydrogens (tertiary/aromatic N) is 4. The molecule has 2 heterocycles. The van der Waals surface area contributed by atoms with Crippen LogP contribution in [0.25, 0.3) is 0 Å². The predicted molar refractivity (Wildman–Crippen MR) is 127 cm³/mol. The van der Waals surface area contributed by atoms with Crippen LogP contribution in [-0.4, -0.2) is 46.5 Å². The van der Waals surface area contributed by atoms with E-state index in [1.54, 1.807) is 0 Å². The molecule has 2 aromatic carbocycles. The molecule has 1 aromatic heterocycles. The van der Waals surface area contributed by atoms with Crippen LogP contribution in [0.2, 0.25) is 0 Å². The van der Waals surface area contributed by atoms with Crippen molar-refractivity contribution in [2.24, 2.45) is 0 Å². The summed E-state index contributed by atoms with van der Waals surface area (Å²) >= 11 is 1.45. The highest BCUT2D eigenvalue weighted by molar-refractivity contribution is 7.09. The number of anilines is 2. The Morgan fingerprint density at radius 2 is 1.81 bits per heavy atom. The second-order valence-corrected chi connectivity index (χ2v) is 8.92. The summed E-state index contributed by atoms with van der Waals surface area (Å²) in [6.45, 7) is 7.39. The second kappa shape index (κ2) is 9.92. The van der Waals surface area contributed by atoms with Gasteiger partial charge in [-0.25, -0.2) is 9.78 Å². The maximum Gasteiger partial charge on any atom is 0.321 e. The molecule has 1 saturated heterocycles. The van der Waals surface area contributed by atoms with Crippen LogP contribution in [0, 0.1) is 0 Å². The fraction of sp³-hybridized carbons (Fsp3) is 0.375. The van der Waals surface area contributed by atoms with Crippen LogP contribution in [0.4, 0.5) is 15.6 Å². The highest BCUT2D eigenvalue weighted by Crippen LogP contribution is 2.21. The Balaban J connectivity index is 1.32. The zero-order valence-electron chi connectivity index (χ0n) is 18.1. The monoisotopic (exact) mass is 435 g/mol. The van der Waals surface area contributed by atoms with Crippen LogP contribution in [0.1, 0.15) is 43.1 Å². The van der Waals surface area contributed by atoms with Crippen LogP contribution in [0.5, 0.6) is 0 Å². The van der Waals surface area contributed by atoms with Crippen molar-refractivity contribution in [3.63, 3.8) is 0 Å². The Morgan fingerprint density at radius 3 is 2.55 bits per heavy atom. The molecule has 0 radical (unpaired) electrons. The minimum Gasteiger partial charge on any atom is -0.345 e. The van der Waals surface area contributed by atoms with Crippen molar-refractivity contribution in [2.75, 3.05) is 36.4 Å². The number of rotatable bonds is 5. The van der Waals surface area contributed by atoms with Crippen molar-refractivity contribution >= 4 is 28.4 Å². The summed E-state index contributed by atoms with van der Waals surface area (Å²) in [4.78, 5) is 21.6. The Hall–Kier alpha value is -2.93. The summed E-state index contributed by atoms with van der Waals surface area (Å²) in [5, 5.41) is 3.98. The van der Waals surface area contributed by atoms with Gasteiger partial charge in [-0.15, -0.1) is 0 Å². The average Bonchev–Trinajstić information content (AvgIpc) is 3.09. The Kier molecular flexibility index (Phi) is 6.82. The minimum atomic E-state index is -0.0406. The normalized spacial score (nSPS) is 14.5. The highest BCUT2D eigenvalue weighted by Gasteiger charge is 2.21.